The average molecular weight is 401 g/mol. The van der Waals surface area contributed by atoms with Gasteiger partial charge < -0.3 is 25.8 Å². The van der Waals surface area contributed by atoms with Gasteiger partial charge in [0.2, 0.25) is 0 Å². The Morgan fingerprint density at radius 1 is 1.11 bits per heavy atom. The summed E-state index contributed by atoms with van der Waals surface area (Å²) < 4.78 is 66.6. The van der Waals surface area contributed by atoms with Gasteiger partial charge in [-0.3, -0.25) is 4.79 Å². The van der Waals surface area contributed by atoms with E-state index in [0.29, 0.717) is 5.56 Å². The van der Waals surface area contributed by atoms with E-state index in [2.05, 4.69) is 0 Å². The van der Waals surface area contributed by atoms with Crippen LogP contribution in [0.25, 0.3) is 0 Å². The van der Waals surface area contributed by atoms with Crippen LogP contribution >= 0.6 is 0 Å². The Labute approximate surface area is 151 Å². The van der Waals surface area contributed by atoms with Gasteiger partial charge in [-0.15, -0.1) is 0 Å². The van der Waals surface area contributed by atoms with Crippen LogP contribution in [0.3, 0.4) is 0 Å². The van der Waals surface area contributed by atoms with Crippen molar-refractivity contribution in [2.75, 3.05) is 6.61 Å². The van der Waals surface area contributed by atoms with Gasteiger partial charge in [0.05, 0.1) is 12.7 Å². The van der Waals surface area contributed by atoms with Crippen molar-refractivity contribution in [1.82, 2.24) is 0 Å². The van der Waals surface area contributed by atoms with Crippen molar-refractivity contribution in [2.45, 2.75) is 49.6 Å². The molecule has 5 N–H and O–H groups in total. The number of benzene rings is 1. The van der Waals surface area contributed by atoms with Crippen LogP contribution in [-0.4, -0.2) is 58.2 Å². The van der Waals surface area contributed by atoms with Crippen LogP contribution in [0, 0.1) is 0 Å². The molecule has 11 heteroatoms. The monoisotopic (exact) mass is 401 g/mol. The number of aliphatic carboxylic acids is 1. The zero-order valence-electron chi connectivity index (χ0n) is 14.0. The Hall–Kier alpha value is -1.98. The number of carboxylic acids is 1. The smallest absolute Gasteiger partial charge is 0.453 e. The number of hydrogen-bond acceptors (Lipinski definition) is 5. The van der Waals surface area contributed by atoms with Gasteiger partial charge in [0.15, 0.2) is 0 Å². The number of alkyl halides is 5. The molecule has 0 aliphatic heterocycles. The second-order valence-electron chi connectivity index (χ2n) is 5.92. The lowest BCUT2D eigenvalue weighted by Crippen LogP contribution is -2.48. The summed E-state index contributed by atoms with van der Waals surface area (Å²) in [4.78, 5) is 10.7. The molecule has 3 unspecified atom stereocenters. The molecule has 0 fully saturated rings. The second kappa shape index (κ2) is 9.29. The molecular weight excluding hydrogens is 381 g/mol. The van der Waals surface area contributed by atoms with Gasteiger partial charge in [-0.2, -0.15) is 22.0 Å². The molecular formula is C16H20F5NO5. The van der Waals surface area contributed by atoms with Gasteiger partial charge in [0.1, 0.15) is 17.9 Å². The van der Waals surface area contributed by atoms with Crippen LogP contribution in [0.2, 0.25) is 0 Å². The highest BCUT2D eigenvalue weighted by Gasteiger charge is 2.56. The summed E-state index contributed by atoms with van der Waals surface area (Å²) in [6.07, 6.45) is -10.7. The second-order valence-corrected chi connectivity index (χ2v) is 5.92. The first-order valence-electron chi connectivity index (χ1n) is 7.86. The van der Waals surface area contributed by atoms with Crippen LogP contribution in [0.4, 0.5) is 22.0 Å². The Bertz CT molecular complexity index is 608. The summed E-state index contributed by atoms with van der Waals surface area (Å²) in [5.41, 5.74) is 5.71. The molecule has 0 bridgehead atoms. The molecule has 0 aromatic heterocycles. The first kappa shape index (κ1) is 23.1. The van der Waals surface area contributed by atoms with E-state index in [0.717, 1.165) is 0 Å². The number of nitrogens with two attached hydrogens (primary N) is 1. The van der Waals surface area contributed by atoms with Crippen molar-refractivity contribution in [3.8, 4) is 5.75 Å². The Morgan fingerprint density at radius 2 is 1.67 bits per heavy atom. The fourth-order valence-corrected chi connectivity index (χ4v) is 2.10. The van der Waals surface area contributed by atoms with Gasteiger partial charge >= 0.3 is 18.1 Å². The van der Waals surface area contributed by atoms with Crippen LogP contribution in [-0.2, 0) is 11.2 Å². The van der Waals surface area contributed by atoms with Gasteiger partial charge in [-0.05, 0) is 24.1 Å². The van der Waals surface area contributed by atoms with Crippen LogP contribution in [0.1, 0.15) is 18.4 Å². The lowest BCUT2D eigenvalue weighted by atomic mass is 9.99. The number of halogens is 5. The van der Waals surface area contributed by atoms with Crippen molar-refractivity contribution in [3.63, 3.8) is 0 Å². The van der Waals surface area contributed by atoms with E-state index in [1.807, 2.05) is 0 Å². The van der Waals surface area contributed by atoms with E-state index in [1.165, 1.54) is 24.3 Å². The lowest BCUT2D eigenvalue weighted by molar-refractivity contribution is -0.284. The van der Waals surface area contributed by atoms with E-state index in [9.17, 15) is 37.0 Å². The number of carboxylic acid groups (broad SMARTS) is 1. The third-order valence-corrected chi connectivity index (χ3v) is 3.73. The first-order valence-corrected chi connectivity index (χ1v) is 7.86. The molecule has 0 amide bonds. The molecule has 0 saturated heterocycles. The number of rotatable bonds is 10. The predicted octanol–water partition coefficient (Wildman–Crippen LogP) is 1.72. The van der Waals surface area contributed by atoms with Gasteiger partial charge in [-0.1, -0.05) is 12.1 Å². The molecule has 1 aromatic carbocycles. The van der Waals surface area contributed by atoms with Crippen molar-refractivity contribution in [1.29, 1.82) is 0 Å². The Kier molecular flexibility index (Phi) is 7.93. The van der Waals surface area contributed by atoms with E-state index < -0.39 is 49.2 Å². The molecule has 1 rings (SSSR count). The normalized spacial score (nSPS) is 15.9. The first-order chi connectivity index (χ1) is 12.3. The van der Waals surface area contributed by atoms with E-state index >= 15 is 0 Å². The quantitative estimate of drug-likeness (QED) is 0.351. The zero-order valence-corrected chi connectivity index (χ0v) is 14.0. The third-order valence-electron chi connectivity index (χ3n) is 3.73. The highest BCUT2D eigenvalue weighted by atomic mass is 19.4. The van der Waals surface area contributed by atoms with Crippen molar-refractivity contribution >= 4 is 5.97 Å². The molecule has 6 nitrogen and oxygen atoms in total. The van der Waals surface area contributed by atoms with E-state index in [1.54, 1.807) is 0 Å². The number of carbonyl (C=O) groups is 1. The molecule has 0 saturated carbocycles. The summed E-state index contributed by atoms with van der Waals surface area (Å²) in [7, 11) is 0. The van der Waals surface area contributed by atoms with Crippen LogP contribution < -0.4 is 10.5 Å². The summed E-state index contributed by atoms with van der Waals surface area (Å²) in [6, 6.07) is 4.06. The maximum Gasteiger partial charge on any atom is 0.453 e. The summed E-state index contributed by atoms with van der Waals surface area (Å²) in [6.45, 7) is -0.347. The van der Waals surface area contributed by atoms with Gasteiger partial charge in [-0.25, -0.2) is 0 Å². The fourth-order valence-electron chi connectivity index (χ4n) is 2.10. The maximum absolute atomic E-state index is 12.7. The minimum absolute atomic E-state index is 0.111. The zero-order chi connectivity index (χ0) is 20.8. The maximum atomic E-state index is 12.7. The van der Waals surface area contributed by atoms with E-state index in [-0.39, 0.29) is 18.8 Å². The highest BCUT2D eigenvalue weighted by molar-refractivity contribution is 5.74. The molecule has 0 heterocycles. The lowest BCUT2D eigenvalue weighted by Gasteiger charge is -2.21. The highest BCUT2D eigenvalue weighted by Crippen LogP contribution is 2.38. The summed E-state index contributed by atoms with van der Waals surface area (Å²) in [5, 5.41) is 28.1. The van der Waals surface area contributed by atoms with E-state index in [4.69, 9.17) is 15.6 Å². The molecule has 0 aliphatic rings. The summed E-state index contributed by atoms with van der Waals surface area (Å²) in [5.74, 6) is -6.03. The van der Waals surface area contributed by atoms with Crippen molar-refractivity contribution in [3.05, 3.63) is 29.8 Å². The van der Waals surface area contributed by atoms with Crippen molar-refractivity contribution in [2.24, 2.45) is 5.73 Å². The summed E-state index contributed by atoms with van der Waals surface area (Å²) >= 11 is 0. The number of aliphatic hydroxyl groups excluding tert-OH is 2. The Balaban J connectivity index is 2.47. The minimum Gasteiger partial charge on any atom is -0.494 e. The average Bonchev–Trinajstić information content (AvgIpc) is 2.57. The minimum atomic E-state index is -5.59. The standard InChI is InChI=1S/C16H20F5NO5/c17-15(18,16(19,20)21)6-1-7-27-10-4-2-9(3-5-10)8-11(23)13(24)12(22)14(25)26/h2-5,11-13,23-24H,1,6-8,22H2,(H,25,26). The van der Waals surface area contributed by atoms with Gasteiger partial charge in [0.25, 0.3) is 0 Å². The topological polar surface area (TPSA) is 113 Å². The van der Waals surface area contributed by atoms with Gasteiger partial charge in [0, 0.05) is 12.8 Å². The van der Waals surface area contributed by atoms with Crippen LogP contribution in [0.15, 0.2) is 24.3 Å². The Morgan fingerprint density at radius 3 is 2.15 bits per heavy atom. The van der Waals surface area contributed by atoms with Crippen LogP contribution in [0.5, 0.6) is 5.75 Å². The SMILES string of the molecule is NC(C(=O)O)C(O)C(O)Cc1ccc(OCCCC(F)(F)C(F)(F)F)cc1. The molecule has 1 aromatic rings. The largest absolute Gasteiger partial charge is 0.494 e. The number of ether oxygens (including phenoxy) is 1. The predicted molar refractivity (Wildman–Crippen MR) is 83.5 cm³/mol. The molecule has 3 atom stereocenters. The molecule has 0 radical (unpaired) electrons. The molecule has 154 valence electrons. The van der Waals surface area contributed by atoms with Crippen molar-refractivity contribution < 1.29 is 46.8 Å². The molecule has 0 spiro atoms. The molecule has 0 aliphatic carbocycles. The number of aliphatic hydroxyl groups is 2. The number of hydrogen-bond donors (Lipinski definition) is 4. The third kappa shape index (κ3) is 6.92. The molecule has 27 heavy (non-hydrogen) atoms. The fraction of sp³-hybridized carbons (Fsp3) is 0.562.